The number of allylic oxidation sites excluding steroid dienone is 4. The van der Waals surface area contributed by atoms with Gasteiger partial charge in [0.05, 0.1) is 0 Å². The van der Waals surface area contributed by atoms with Crippen LogP contribution in [0.4, 0.5) is 0 Å². The van der Waals surface area contributed by atoms with Crippen LogP contribution in [0.5, 0.6) is 0 Å². The Bertz CT molecular complexity index is 332. The molecule has 0 fully saturated rings. The number of rotatable bonds is 0. The van der Waals surface area contributed by atoms with Gasteiger partial charge in [-0.05, 0) is 25.7 Å². The monoisotopic (exact) mass is 381 g/mol. The minimum absolute atomic E-state index is 0. The summed E-state index contributed by atoms with van der Waals surface area (Å²) in [6, 6.07) is 0. The zero-order valence-corrected chi connectivity index (χ0v) is 16.0. The molecule has 0 saturated carbocycles. The van der Waals surface area contributed by atoms with Gasteiger partial charge in [0.25, 0.3) is 0 Å². The summed E-state index contributed by atoms with van der Waals surface area (Å²) in [5.74, 6) is 0. The van der Waals surface area contributed by atoms with Gasteiger partial charge in [0.1, 0.15) is 0 Å². The second-order valence-electron chi connectivity index (χ2n) is 5.22. The van der Waals surface area contributed by atoms with E-state index in [-0.39, 0.29) is 31.9 Å². The van der Waals surface area contributed by atoms with Gasteiger partial charge in [0.15, 0.2) is 0 Å². The van der Waals surface area contributed by atoms with Crippen molar-refractivity contribution in [3.05, 3.63) is 52.1 Å². The first-order valence-electron chi connectivity index (χ1n) is 7.05. The molecule has 0 unspecified atom stereocenters. The number of halogens is 1. The van der Waals surface area contributed by atoms with E-state index < -0.39 is 0 Å². The molecular weight excluding hydrogens is 353 g/mol. The summed E-state index contributed by atoms with van der Waals surface area (Å²) in [5, 5.41) is 0. The van der Waals surface area contributed by atoms with Gasteiger partial charge >= 0.3 is 19.5 Å². The van der Waals surface area contributed by atoms with Crippen LogP contribution in [0.2, 0.25) is 0 Å². The maximum absolute atomic E-state index is 2.27. The van der Waals surface area contributed by atoms with Gasteiger partial charge in [-0.2, -0.15) is 27.8 Å². The van der Waals surface area contributed by atoms with Crippen LogP contribution in [0, 0.1) is 34.6 Å². The second-order valence-corrected chi connectivity index (χ2v) is 5.22. The molecule has 2 heteroatoms. The molecule has 0 aliphatic heterocycles. The molecule has 0 saturated heterocycles. The standard InChI is InChI=1S/C10H15.C8H12.ClH.Ru/c1-6-7(2)9(4)10(5)8(6)3;1-2-4-6-8-7-5-3-1;;/h1-5H3;1-2,7-8H,3-6H2;1H;/q-1;;;+1. The molecule has 1 aliphatic carbocycles. The molecule has 115 valence electrons. The van der Waals surface area contributed by atoms with Gasteiger partial charge in [0, 0.05) is 0 Å². The van der Waals surface area contributed by atoms with E-state index in [1.165, 1.54) is 53.5 Å². The molecule has 20 heavy (non-hydrogen) atoms. The molecule has 0 nitrogen and oxygen atoms in total. The molecule has 0 bridgehead atoms. The van der Waals surface area contributed by atoms with Crippen LogP contribution in [0.15, 0.2) is 24.3 Å². The van der Waals surface area contributed by atoms with E-state index in [2.05, 4.69) is 58.9 Å². The Labute approximate surface area is 144 Å². The summed E-state index contributed by atoms with van der Waals surface area (Å²) in [5.41, 5.74) is 7.34. The van der Waals surface area contributed by atoms with Crippen LogP contribution in [-0.4, -0.2) is 0 Å². The Kier molecular flexibility index (Phi) is 12.6. The minimum Gasteiger partial charge on any atom is -0.196 e. The van der Waals surface area contributed by atoms with E-state index in [1.54, 1.807) is 0 Å². The Morgan fingerprint density at radius 2 is 0.950 bits per heavy atom. The van der Waals surface area contributed by atoms with Gasteiger partial charge in [-0.1, -0.05) is 58.9 Å². The first-order chi connectivity index (χ1) is 8.55. The molecule has 0 spiro atoms. The molecule has 0 N–H and O–H groups in total. The van der Waals surface area contributed by atoms with Crippen molar-refractivity contribution in [3.8, 4) is 0 Å². The smallest absolute Gasteiger partial charge is 0.196 e. The molecule has 0 aromatic heterocycles. The average molecular weight is 381 g/mol. The molecule has 1 aliphatic rings. The summed E-state index contributed by atoms with van der Waals surface area (Å²) in [4.78, 5) is 0. The topological polar surface area (TPSA) is 0 Å². The van der Waals surface area contributed by atoms with E-state index in [1.807, 2.05) is 0 Å². The molecule has 1 aromatic carbocycles. The average Bonchev–Trinajstić information content (AvgIpc) is 2.48. The van der Waals surface area contributed by atoms with Crippen LogP contribution in [0.3, 0.4) is 0 Å². The predicted octanol–water partition coefficient (Wildman–Crippen LogP) is 6.04. The zero-order valence-electron chi connectivity index (χ0n) is 13.4. The van der Waals surface area contributed by atoms with E-state index in [4.69, 9.17) is 0 Å². The summed E-state index contributed by atoms with van der Waals surface area (Å²) in [7, 11) is 0. The zero-order chi connectivity index (χ0) is 13.5. The minimum atomic E-state index is 0. The first-order valence-corrected chi connectivity index (χ1v) is 7.05. The normalized spacial score (nSPS) is 13.2. The van der Waals surface area contributed by atoms with Gasteiger partial charge in [0.2, 0.25) is 0 Å². The fourth-order valence-electron chi connectivity index (χ4n) is 2.26. The third-order valence-electron chi connectivity index (χ3n) is 4.15. The van der Waals surface area contributed by atoms with Crippen LogP contribution in [-0.2, 0) is 19.5 Å². The third-order valence-corrected chi connectivity index (χ3v) is 4.15. The van der Waals surface area contributed by atoms with E-state index in [0.29, 0.717) is 0 Å². The van der Waals surface area contributed by atoms with E-state index in [9.17, 15) is 0 Å². The quantitative estimate of drug-likeness (QED) is 0.292. The molecule has 0 amide bonds. The van der Waals surface area contributed by atoms with E-state index in [0.717, 1.165) is 0 Å². The fourth-order valence-corrected chi connectivity index (χ4v) is 2.26. The summed E-state index contributed by atoms with van der Waals surface area (Å²) in [6.07, 6.45) is 14.0. The largest absolute Gasteiger partial charge is 1.00 e. The van der Waals surface area contributed by atoms with Crippen LogP contribution in [0.25, 0.3) is 0 Å². The number of hydrogen-bond donors (Lipinski definition) is 0. The van der Waals surface area contributed by atoms with Crippen molar-refractivity contribution in [1.82, 2.24) is 0 Å². The SMILES string of the molecule is C1=CCCC=CCC1.Cc1c(C)c(C)[c-](C)c1C.Cl.[Ru+]. The summed E-state index contributed by atoms with van der Waals surface area (Å²) < 4.78 is 0. The van der Waals surface area contributed by atoms with Crippen molar-refractivity contribution < 1.29 is 19.5 Å². The van der Waals surface area contributed by atoms with Crippen LogP contribution >= 0.6 is 12.4 Å². The summed E-state index contributed by atoms with van der Waals surface area (Å²) in [6.45, 7) is 11.0. The van der Waals surface area contributed by atoms with Crippen LogP contribution < -0.4 is 0 Å². The van der Waals surface area contributed by atoms with Crippen molar-refractivity contribution >= 4 is 12.4 Å². The Balaban J connectivity index is 0. The maximum Gasteiger partial charge on any atom is 1.00 e. The van der Waals surface area contributed by atoms with Crippen molar-refractivity contribution in [3.63, 3.8) is 0 Å². The van der Waals surface area contributed by atoms with Crippen molar-refractivity contribution in [2.45, 2.75) is 60.3 Å². The van der Waals surface area contributed by atoms with Gasteiger partial charge in [-0.25, -0.2) is 0 Å². The predicted molar refractivity (Wildman–Crippen MR) is 89.7 cm³/mol. The second kappa shape index (κ2) is 11.4. The fraction of sp³-hybridized carbons (Fsp3) is 0.500. The van der Waals surface area contributed by atoms with Crippen molar-refractivity contribution in [2.75, 3.05) is 0 Å². The first kappa shape index (κ1) is 22.0. The molecule has 1 aromatic rings. The summed E-state index contributed by atoms with van der Waals surface area (Å²) >= 11 is 0. The molecule has 0 atom stereocenters. The Morgan fingerprint density at radius 1 is 0.700 bits per heavy atom. The van der Waals surface area contributed by atoms with Gasteiger partial charge < -0.3 is 0 Å². The third kappa shape index (κ3) is 6.46. The molecule has 1 radical (unpaired) electrons. The number of hydrogen-bond acceptors (Lipinski definition) is 0. The Morgan fingerprint density at radius 3 is 1.10 bits per heavy atom. The van der Waals surface area contributed by atoms with Crippen molar-refractivity contribution in [1.29, 1.82) is 0 Å². The van der Waals surface area contributed by atoms with Gasteiger partial charge in [-0.3, -0.25) is 0 Å². The Hall–Kier alpha value is -0.257. The molecule has 2 rings (SSSR count). The van der Waals surface area contributed by atoms with Crippen LogP contribution in [0.1, 0.15) is 53.5 Å². The molecular formula is C18H28ClRu. The van der Waals surface area contributed by atoms with Gasteiger partial charge in [-0.15, -0.1) is 12.4 Å². The molecule has 0 heterocycles. The van der Waals surface area contributed by atoms with E-state index >= 15 is 0 Å². The maximum atomic E-state index is 2.27. The van der Waals surface area contributed by atoms with Crippen molar-refractivity contribution in [2.24, 2.45) is 0 Å².